The van der Waals surface area contributed by atoms with Crippen LogP contribution in [0.25, 0.3) is 0 Å². The highest BCUT2D eigenvalue weighted by molar-refractivity contribution is 5.86. The molecule has 0 aromatic heterocycles. The van der Waals surface area contributed by atoms with Crippen LogP contribution in [-0.2, 0) is 4.79 Å². The van der Waals surface area contributed by atoms with Crippen molar-refractivity contribution in [3.05, 3.63) is 0 Å². The van der Waals surface area contributed by atoms with E-state index in [4.69, 9.17) is 0 Å². The van der Waals surface area contributed by atoms with Gasteiger partial charge in [0.2, 0.25) is 5.91 Å². The van der Waals surface area contributed by atoms with Crippen LogP contribution in [0.1, 0.15) is 46.0 Å². The van der Waals surface area contributed by atoms with Gasteiger partial charge in [-0.25, -0.2) is 0 Å². The number of piperazine rings is 1. The van der Waals surface area contributed by atoms with Crippen molar-refractivity contribution in [2.45, 2.75) is 64.1 Å². The maximum absolute atomic E-state index is 12.3. The van der Waals surface area contributed by atoms with Crippen LogP contribution >= 0.6 is 37.2 Å². The summed E-state index contributed by atoms with van der Waals surface area (Å²) in [4.78, 5) is 17.3. The lowest BCUT2D eigenvalue weighted by atomic mass is 9.89. The van der Waals surface area contributed by atoms with Crippen LogP contribution in [0.3, 0.4) is 0 Å². The number of halogens is 3. The molecular formula is C18H37Cl3N4O. The molecule has 0 radical (unpaired) electrons. The summed E-state index contributed by atoms with van der Waals surface area (Å²) >= 11 is 0. The zero-order valence-electron chi connectivity index (χ0n) is 16.1. The van der Waals surface area contributed by atoms with E-state index in [9.17, 15) is 4.79 Å². The second-order valence-electron chi connectivity index (χ2n) is 7.80. The first-order chi connectivity index (χ1) is 11.1. The Balaban J connectivity index is 0.00000208. The number of amides is 1. The van der Waals surface area contributed by atoms with Crippen molar-refractivity contribution in [3.63, 3.8) is 0 Å². The first-order valence-corrected chi connectivity index (χ1v) is 9.63. The summed E-state index contributed by atoms with van der Waals surface area (Å²) in [6.45, 7) is 11.0. The van der Waals surface area contributed by atoms with Crippen LogP contribution in [0.5, 0.6) is 0 Å². The molecule has 0 aromatic carbocycles. The first-order valence-electron chi connectivity index (χ1n) is 9.63. The molecule has 26 heavy (non-hydrogen) atoms. The van der Waals surface area contributed by atoms with Gasteiger partial charge in [-0.15, -0.1) is 37.2 Å². The second kappa shape index (κ2) is 12.6. The molecule has 3 unspecified atom stereocenters. The lowest BCUT2D eigenvalue weighted by molar-refractivity contribution is -0.122. The quantitative estimate of drug-likeness (QED) is 0.677. The zero-order chi connectivity index (χ0) is 16.2. The maximum atomic E-state index is 12.3. The van der Waals surface area contributed by atoms with Crippen LogP contribution in [0.4, 0.5) is 0 Å². The second-order valence-corrected chi connectivity index (χ2v) is 7.80. The molecular weight excluding hydrogens is 395 g/mol. The van der Waals surface area contributed by atoms with E-state index >= 15 is 0 Å². The molecule has 2 N–H and O–H groups in total. The molecule has 3 aliphatic heterocycles. The Hall–Kier alpha value is 0.220. The van der Waals surface area contributed by atoms with Crippen molar-refractivity contribution < 1.29 is 4.79 Å². The predicted octanol–water partition coefficient (Wildman–Crippen LogP) is 2.31. The normalized spacial score (nSPS) is 29.7. The molecule has 0 saturated carbocycles. The van der Waals surface area contributed by atoms with Crippen molar-refractivity contribution in [2.75, 3.05) is 39.3 Å². The third-order valence-electron chi connectivity index (χ3n) is 6.12. The van der Waals surface area contributed by atoms with Gasteiger partial charge in [0.1, 0.15) is 0 Å². The van der Waals surface area contributed by atoms with E-state index in [2.05, 4.69) is 34.3 Å². The molecule has 0 aliphatic carbocycles. The Morgan fingerprint density at radius 3 is 2.19 bits per heavy atom. The summed E-state index contributed by atoms with van der Waals surface area (Å²) in [5, 5.41) is 6.84. The van der Waals surface area contributed by atoms with Crippen molar-refractivity contribution >= 4 is 43.1 Å². The number of fused-ring (bicyclic) bond motifs is 2. The Kier molecular flexibility index (Phi) is 12.7. The van der Waals surface area contributed by atoms with E-state index in [1.54, 1.807) is 0 Å². The van der Waals surface area contributed by atoms with Gasteiger partial charge in [-0.05, 0) is 45.1 Å². The molecule has 3 aliphatic rings. The van der Waals surface area contributed by atoms with Gasteiger partial charge >= 0.3 is 0 Å². The Morgan fingerprint density at radius 2 is 1.65 bits per heavy atom. The lowest BCUT2D eigenvalue weighted by Crippen LogP contribution is -2.52. The van der Waals surface area contributed by atoms with E-state index in [0.29, 0.717) is 24.0 Å². The Labute approximate surface area is 177 Å². The van der Waals surface area contributed by atoms with E-state index in [1.165, 1.54) is 25.7 Å². The van der Waals surface area contributed by atoms with Gasteiger partial charge in [0.15, 0.2) is 0 Å². The summed E-state index contributed by atoms with van der Waals surface area (Å²) in [5.74, 6) is 0.854. The average molecular weight is 432 g/mol. The molecule has 2 bridgehead atoms. The number of nitrogens with one attached hydrogen (secondary N) is 2. The topological polar surface area (TPSA) is 47.6 Å². The molecule has 156 valence electrons. The maximum Gasteiger partial charge on any atom is 0.220 e. The number of hydrogen-bond acceptors (Lipinski definition) is 4. The van der Waals surface area contributed by atoms with E-state index < -0.39 is 0 Å². The van der Waals surface area contributed by atoms with Crippen LogP contribution in [-0.4, -0.2) is 73.1 Å². The van der Waals surface area contributed by atoms with Gasteiger partial charge in [0.05, 0.1) is 0 Å². The van der Waals surface area contributed by atoms with Gasteiger partial charge in [-0.3, -0.25) is 9.69 Å². The van der Waals surface area contributed by atoms with Crippen LogP contribution < -0.4 is 10.6 Å². The Morgan fingerprint density at radius 1 is 1.08 bits per heavy atom. The minimum absolute atomic E-state index is 0. The molecule has 3 heterocycles. The number of carbonyl (C=O) groups is 1. The predicted molar refractivity (Wildman–Crippen MR) is 115 cm³/mol. The first kappa shape index (κ1) is 26.2. The molecule has 3 atom stereocenters. The fourth-order valence-corrected chi connectivity index (χ4v) is 4.59. The molecule has 3 fully saturated rings. The number of piperidine rings is 1. The molecule has 3 rings (SSSR count). The van der Waals surface area contributed by atoms with Crippen LogP contribution in [0.2, 0.25) is 0 Å². The molecule has 0 spiro atoms. The number of carbonyl (C=O) groups excluding carboxylic acids is 1. The number of hydrogen-bond donors (Lipinski definition) is 2. The van der Waals surface area contributed by atoms with Crippen LogP contribution in [0.15, 0.2) is 0 Å². The van der Waals surface area contributed by atoms with Gasteiger partial charge in [-0.2, -0.15) is 0 Å². The molecule has 1 amide bonds. The van der Waals surface area contributed by atoms with Gasteiger partial charge in [0.25, 0.3) is 0 Å². The molecule has 8 heteroatoms. The molecule has 5 nitrogen and oxygen atoms in total. The summed E-state index contributed by atoms with van der Waals surface area (Å²) in [7, 11) is 0. The Bertz CT molecular complexity index is 396. The standard InChI is InChI=1S/C18H34N4O.3ClH/c1-3-21-6-8-22(9-7-21)14(2)13-19-18(23)12-15-10-16-4-5-17(11-15)20-16;;;/h14-17,20H,3-13H2,1-2H3,(H,19,23);3*1H. The highest BCUT2D eigenvalue weighted by Gasteiger charge is 2.34. The monoisotopic (exact) mass is 430 g/mol. The van der Waals surface area contributed by atoms with Gasteiger partial charge in [0, 0.05) is 57.3 Å². The third kappa shape index (κ3) is 7.33. The number of nitrogens with zero attached hydrogens (tertiary/aromatic N) is 2. The highest BCUT2D eigenvalue weighted by atomic mass is 35.5. The van der Waals surface area contributed by atoms with E-state index in [-0.39, 0.29) is 43.1 Å². The van der Waals surface area contributed by atoms with E-state index in [0.717, 1.165) is 45.7 Å². The highest BCUT2D eigenvalue weighted by Crippen LogP contribution is 2.32. The summed E-state index contributed by atoms with van der Waals surface area (Å²) in [5.41, 5.74) is 0. The average Bonchev–Trinajstić information content (AvgIpc) is 2.91. The largest absolute Gasteiger partial charge is 0.355 e. The van der Waals surface area contributed by atoms with Crippen molar-refractivity contribution in [3.8, 4) is 0 Å². The fourth-order valence-electron chi connectivity index (χ4n) is 4.59. The van der Waals surface area contributed by atoms with E-state index in [1.807, 2.05) is 0 Å². The number of likely N-dealkylation sites (N-methyl/N-ethyl adjacent to an activating group) is 1. The molecule has 3 saturated heterocycles. The lowest BCUT2D eigenvalue weighted by Gasteiger charge is -2.37. The minimum Gasteiger partial charge on any atom is -0.355 e. The van der Waals surface area contributed by atoms with Gasteiger partial charge in [-0.1, -0.05) is 6.92 Å². The zero-order valence-corrected chi connectivity index (χ0v) is 18.6. The summed E-state index contributed by atoms with van der Waals surface area (Å²) in [6, 6.07) is 1.81. The van der Waals surface area contributed by atoms with Gasteiger partial charge < -0.3 is 15.5 Å². The third-order valence-corrected chi connectivity index (χ3v) is 6.12. The van der Waals surface area contributed by atoms with Crippen LogP contribution in [0, 0.1) is 5.92 Å². The summed E-state index contributed by atoms with van der Waals surface area (Å²) in [6.07, 6.45) is 5.73. The van der Waals surface area contributed by atoms with Crippen molar-refractivity contribution in [1.82, 2.24) is 20.4 Å². The molecule has 0 aromatic rings. The fraction of sp³-hybridized carbons (Fsp3) is 0.944. The van der Waals surface area contributed by atoms with Crippen molar-refractivity contribution in [1.29, 1.82) is 0 Å². The smallest absolute Gasteiger partial charge is 0.220 e. The summed E-state index contributed by atoms with van der Waals surface area (Å²) < 4.78 is 0. The van der Waals surface area contributed by atoms with Crippen molar-refractivity contribution in [2.24, 2.45) is 5.92 Å². The minimum atomic E-state index is 0. The SMILES string of the molecule is CCN1CCN(C(C)CNC(=O)CC2CC3CCC(C2)N3)CC1.Cl.Cl.Cl. The number of rotatable bonds is 6.